The molecule has 0 radical (unpaired) electrons. The smallest absolute Gasteiger partial charge is 0.153 e. The van der Waals surface area contributed by atoms with Gasteiger partial charge in [-0.05, 0) is 36.2 Å². The Kier molecular flexibility index (Phi) is 4.85. The minimum absolute atomic E-state index is 0.0960. The minimum atomic E-state index is -0.0960. The summed E-state index contributed by atoms with van der Waals surface area (Å²) in [5.74, 6) is 0.501. The topological polar surface area (TPSA) is 59.4 Å². The monoisotopic (exact) mass is 271 g/mol. The molecule has 1 aromatic heterocycles. The highest BCUT2D eigenvalue weighted by Gasteiger charge is 2.05. The summed E-state index contributed by atoms with van der Waals surface area (Å²) in [4.78, 5) is 15.5. The van der Waals surface area contributed by atoms with Gasteiger partial charge < -0.3 is 9.84 Å². The lowest BCUT2D eigenvalue weighted by molar-refractivity contribution is 0.111. The number of aliphatic hydroxyl groups is 1. The molecule has 104 valence electrons. The van der Waals surface area contributed by atoms with E-state index >= 15 is 0 Å². The number of benzene rings is 1. The summed E-state index contributed by atoms with van der Waals surface area (Å²) < 4.78 is 5.64. The lowest BCUT2D eigenvalue weighted by atomic mass is 10.1. The number of aliphatic hydroxyl groups excluding tert-OH is 1. The van der Waals surface area contributed by atoms with Crippen LogP contribution in [0.4, 0.5) is 0 Å². The van der Waals surface area contributed by atoms with E-state index in [2.05, 4.69) is 4.98 Å². The van der Waals surface area contributed by atoms with Crippen molar-refractivity contribution in [1.29, 1.82) is 0 Å². The quantitative estimate of drug-likeness (QED) is 0.820. The summed E-state index contributed by atoms with van der Waals surface area (Å²) >= 11 is 0. The van der Waals surface area contributed by atoms with Crippen LogP contribution in [0.25, 0.3) is 0 Å². The van der Waals surface area contributed by atoms with Crippen molar-refractivity contribution in [2.24, 2.45) is 0 Å². The number of ether oxygens (including phenoxy) is 1. The van der Waals surface area contributed by atoms with Gasteiger partial charge in [-0.1, -0.05) is 19.1 Å². The van der Waals surface area contributed by atoms with E-state index in [4.69, 9.17) is 9.84 Å². The fraction of sp³-hybridized carbons (Fsp3) is 0.250. The average Bonchev–Trinajstić information content (AvgIpc) is 2.52. The molecule has 0 aliphatic rings. The van der Waals surface area contributed by atoms with Crippen LogP contribution in [-0.2, 0) is 19.6 Å². The zero-order chi connectivity index (χ0) is 14.4. The van der Waals surface area contributed by atoms with Crippen molar-refractivity contribution >= 4 is 6.29 Å². The van der Waals surface area contributed by atoms with Crippen molar-refractivity contribution < 1.29 is 14.6 Å². The van der Waals surface area contributed by atoms with E-state index in [9.17, 15) is 4.79 Å². The van der Waals surface area contributed by atoms with Crippen LogP contribution in [-0.4, -0.2) is 16.4 Å². The van der Waals surface area contributed by atoms with Crippen LogP contribution in [0.3, 0.4) is 0 Å². The van der Waals surface area contributed by atoms with Gasteiger partial charge in [0.25, 0.3) is 0 Å². The number of carbonyl (C=O) groups is 1. The van der Waals surface area contributed by atoms with Crippen molar-refractivity contribution in [2.45, 2.75) is 26.6 Å². The molecule has 1 N–H and O–H groups in total. The molecule has 0 saturated carbocycles. The molecule has 20 heavy (non-hydrogen) atoms. The number of hydrogen-bond donors (Lipinski definition) is 1. The van der Waals surface area contributed by atoms with Gasteiger partial charge in [0.15, 0.2) is 6.29 Å². The highest BCUT2D eigenvalue weighted by atomic mass is 16.5. The number of aromatic nitrogens is 1. The Balaban J connectivity index is 2.11. The van der Waals surface area contributed by atoms with E-state index < -0.39 is 0 Å². The molecule has 2 aromatic rings. The highest BCUT2D eigenvalue weighted by molar-refractivity contribution is 5.79. The number of carbonyl (C=O) groups excluding carboxylic acids is 1. The van der Waals surface area contributed by atoms with E-state index in [0.717, 1.165) is 24.1 Å². The largest absolute Gasteiger partial charge is 0.487 e. The molecule has 0 bridgehead atoms. The van der Waals surface area contributed by atoms with Crippen LogP contribution < -0.4 is 4.74 Å². The molecule has 0 spiro atoms. The standard InChI is InChI=1S/C16H17NO3/c1-2-14-4-3-5-15(17-14)11-20-16-7-6-12(9-18)8-13(16)10-19/h3-8,10,18H,2,9,11H2,1H3. The fourth-order valence-corrected chi connectivity index (χ4v) is 1.88. The average molecular weight is 271 g/mol. The summed E-state index contributed by atoms with van der Waals surface area (Å²) in [6.07, 6.45) is 1.60. The molecule has 0 fully saturated rings. The van der Waals surface area contributed by atoms with Gasteiger partial charge >= 0.3 is 0 Å². The lowest BCUT2D eigenvalue weighted by Crippen LogP contribution is -2.02. The fourth-order valence-electron chi connectivity index (χ4n) is 1.88. The third-order valence-corrected chi connectivity index (χ3v) is 2.99. The Morgan fingerprint density at radius 2 is 2.05 bits per heavy atom. The molecule has 2 rings (SSSR count). The molecule has 0 amide bonds. The molecule has 0 saturated heterocycles. The Bertz CT molecular complexity index is 596. The first-order chi connectivity index (χ1) is 9.76. The van der Waals surface area contributed by atoms with Crippen LogP contribution >= 0.6 is 0 Å². The van der Waals surface area contributed by atoms with Crippen molar-refractivity contribution in [2.75, 3.05) is 0 Å². The Morgan fingerprint density at radius 1 is 1.25 bits per heavy atom. The summed E-state index contributed by atoms with van der Waals surface area (Å²) in [5.41, 5.74) is 2.96. The summed E-state index contributed by atoms with van der Waals surface area (Å²) in [6.45, 7) is 2.26. The molecule has 0 atom stereocenters. The first-order valence-electron chi connectivity index (χ1n) is 6.53. The van der Waals surface area contributed by atoms with Crippen molar-refractivity contribution in [3.8, 4) is 5.75 Å². The SMILES string of the molecule is CCc1cccc(COc2ccc(CO)cc2C=O)n1. The van der Waals surface area contributed by atoms with Gasteiger partial charge in [0.05, 0.1) is 17.9 Å². The number of pyridine rings is 1. The zero-order valence-electron chi connectivity index (χ0n) is 11.4. The Labute approximate surface area is 118 Å². The molecule has 1 heterocycles. The Morgan fingerprint density at radius 3 is 2.75 bits per heavy atom. The number of aldehydes is 1. The lowest BCUT2D eigenvalue weighted by Gasteiger charge is -2.09. The zero-order valence-corrected chi connectivity index (χ0v) is 11.4. The van der Waals surface area contributed by atoms with E-state index in [-0.39, 0.29) is 6.61 Å². The molecule has 0 unspecified atom stereocenters. The summed E-state index contributed by atoms with van der Waals surface area (Å²) in [6, 6.07) is 10.9. The molecular weight excluding hydrogens is 254 g/mol. The molecule has 0 aliphatic heterocycles. The first-order valence-corrected chi connectivity index (χ1v) is 6.53. The normalized spacial score (nSPS) is 10.3. The maximum Gasteiger partial charge on any atom is 0.153 e. The number of rotatable bonds is 6. The van der Waals surface area contributed by atoms with E-state index in [1.54, 1.807) is 18.2 Å². The van der Waals surface area contributed by atoms with Crippen LogP contribution in [0.2, 0.25) is 0 Å². The number of aryl methyl sites for hydroxylation is 1. The maximum atomic E-state index is 11.0. The predicted molar refractivity (Wildman–Crippen MR) is 75.7 cm³/mol. The second-order valence-corrected chi connectivity index (χ2v) is 4.41. The third kappa shape index (κ3) is 3.42. The van der Waals surface area contributed by atoms with Gasteiger partial charge in [0.2, 0.25) is 0 Å². The van der Waals surface area contributed by atoms with Crippen molar-refractivity contribution in [3.05, 3.63) is 58.9 Å². The predicted octanol–water partition coefficient (Wildman–Crippen LogP) is 2.53. The molecule has 4 nitrogen and oxygen atoms in total. The highest BCUT2D eigenvalue weighted by Crippen LogP contribution is 2.19. The molecular formula is C16H17NO3. The van der Waals surface area contributed by atoms with Crippen LogP contribution in [0.1, 0.15) is 34.2 Å². The second-order valence-electron chi connectivity index (χ2n) is 4.41. The van der Waals surface area contributed by atoms with Gasteiger partial charge in [0.1, 0.15) is 12.4 Å². The van der Waals surface area contributed by atoms with Crippen LogP contribution in [0, 0.1) is 0 Å². The molecule has 4 heteroatoms. The van der Waals surface area contributed by atoms with Gasteiger partial charge in [-0.25, -0.2) is 0 Å². The van der Waals surface area contributed by atoms with E-state index in [0.29, 0.717) is 23.5 Å². The van der Waals surface area contributed by atoms with Gasteiger partial charge in [-0.2, -0.15) is 0 Å². The van der Waals surface area contributed by atoms with Crippen molar-refractivity contribution in [1.82, 2.24) is 4.98 Å². The number of hydrogen-bond acceptors (Lipinski definition) is 4. The van der Waals surface area contributed by atoms with Gasteiger partial charge in [0, 0.05) is 5.69 Å². The first kappa shape index (κ1) is 14.2. The molecule has 1 aromatic carbocycles. The second kappa shape index (κ2) is 6.82. The summed E-state index contributed by atoms with van der Waals surface area (Å²) in [5, 5.41) is 9.05. The van der Waals surface area contributed by atoms with Gasteiger partial charge in [-0.15, -0.1) is 0 Å². The minimum Gasteiger partial charge on any atom is -0.487 e. The third-order valence-electron chi connectivity index (χ3n) is 2.99. The van der Waals surface area contributed by atoms with E-state index in [1.807, 2.05) is 25.1 Å². The number of nitrogens with zero attached hydrogens (tertiary/aromatic N) is 1. The van der Waals surface area contributed by atoms with E-state index in [1.165, 1.54) is 0 Å². The Hall–Kier alpha value is -2.20. The summed E-state index contributed by atoms with van der Waals surface area (Å²) in [7, 11) is 0. The van der Waals surface area contributed by atoms with Gasteiger partial charge in [-0.3, -0.25) is 9.78 Å². The van der Waals surface area contributed by atoms with Crippen LogP contribution in [0.5, 0.6) is 5.75 Å². The maximum absolute atomic E-state index is 11.0. The van der Waals surface area contributed by atoms with Crippen molar-refractivity contribution in [3.63, 3.8) is 0 Å². The van der Waals surface area contributed by atoms with Crippen LogP contribution in [0.15, 0.2) is 36.4 Å². The molecule has 0 aliphatic carbocycles.